The maximum absolute atomic E-state index is 5.94. The predicted octanol–water partition coefficient (Wildman–Crippen LogP) is 2.48. The van der Waals surface area contributed by atoms with Gasteiger partial charge in [-0.25, -0.2) is 9.97 Å². The van der Waals surface area contributed by atoms with Crippen LogP contribution in [0.3, 0.4) is 0 Å². The summed E-state index contributed by atoms with van der Waals surface area (Å²) < 4.78 is 5.73. The lowest BCUT2D eigenvalue weighted by Crippen LogP contribution is -2.34. The lowest BCUT2D eigenvalue weighted by atomic mass is 9.84. The van der Waals surface area contributed by atoms with E-state index < -0.39 is 0 Å². The van der Waals surface area contributed by atoms with Gasteiger partial charge >= 0.3 is 0 Å². The molecule has 17 heavy (non-hydrogen) atoms. The fourth-order valence-electron chi connectivity index (χ4n) is 2.50. The molecular formula is C13H21N3O. The van der Waals surface area contributed by atoms with Gasteiger partial charge in [0, 0.05) is 18.4 Å². The Bertz CT molecular complexity index is 388. The summed E-state index contributed by atoms with van der Waals surface area (Å²) in [7, 11) is 1.75. The number of nitrogens with zero attached hydrogens (tertiary/aromatic N) is 2. The second-order valence-electron chi connectivity index (χ2n) is 4.90. The van der Waals surface area contributed by atoms with Crippen LogP contribution < -0.4 is 5.73 Å². The van der Waals surface area contributed by atoms with Crippen molar-refractivity contribution in [2.45, 2.75) is 51.6 Å². The fourth-order valence-corrected chi connectivity index (χ4v) is 2.50. The summed E-state index contributed by atoms with van der Waals surface area (Å²) in [5.41, 5.74) is 7.54. The maximum Gasteiger partial charge on any atom is 0.162 e. The SMILES string of the molecule is COC1(c2nc(C)c(C)c(N)n2)CCCCC1. The van der Waals surface area contributed by atoms with Crippen LogP contribution in [0.1, 0.15) is 49.2 Å². The van der Waals surface area contributed by atoms with Crippen molar-refractivity contribution in [1.82, 2.24) is 9.97 Å². The van der Waals surface area contributed by atoms with Crippen LogP contribution in [-0.2, 0) is 10.3 Å². The lowest BCUT2D eigenvalue weighted by Gasteiger charge is -2.34. The number of aromatic nitrogens is 2. The molecule has 0 atom stereocenters. The number of nitrogens with two attached hydrogens (primary N) is 1. The van der Waals surface area contributed by atoms with E-state index in [4.69, 9.17) is 10.5 Å². The van der Waals surface area contributed by atoms with Crippen LogP contribution in [0.25, 0.3) is 0 Å². The van der Waals surface area contributed by atoms with Crippen molar-refractivity contribution in [3.63, 3.8) is 0 Å². The minimum absolute atomic E-state index is 0.315. The molecule has 0 amide bonds. The first-order valence-electron chi connectivity index (χ1n) is 6.25. The third-order valence-electron chi connectivity index (χ3n) is 3.89. The molecule has 2 rings (SSSR count). The molecule has 1 aliphatic rings. The highest BCUT2D eigenvalue weighted by molar-refractivity contribution is 5.41. The number of ether oxygens (including phenoxy) is 1. The summed E-state index contributed by atoms with van der Waals surface area (Å²) in [4.78, 5) is 9.03. The number of anilines is 1. The molecular weight excluding hydrogens is 214 g/mol. The molecule has 0 unspecified atom stereocenters. The van der Waals surface area contributed by atoms with E-state index in [1.165, 1.54) is 19.3 Å². The smallest absolute Gasteiger partial charge is 0.162 e. The van der Waals surface area contributed by atoms with E-state index in [0.29, 0.717) is 5.82 Å². The second-order valence-corrected chi connectivity index (χ2v) is 4.90. The summed E-state index contributed by atoms with van der Waals surface area (Å²) in [5.74, 6) is 1.34. The number of aryl methyl sites for hydroxylation is 1. The van der Waals surface area contributed by atoms with Crippen LogP contribution >= 0.6 is 0 Å². The second kappa shape index (κ2) is 4.61. The van der Waals surface area contributed by atoms with E-state index in [-0.39, 0.29) is 5.60 Å². The first-order valence-corrected chi connectivity index (χ1v) is 6.25. The Morgan fingerprint density at radius 1 is 1.12 bits per heavy atom. The number of hydrogen-bond donors (Lipinski definition) is 1. The van der Waals surface area contributed by atoms with E-state index in [2.05, 4.69) is 9.97 Å². The van der Waals surface area contributed by atoms with Crippen molar-refractivity contribution in [3.8, 4) is 0 Å². The minimum atomic E-state index is -0.315. The van der Waals surface area contributed by atoms with E-state index in [0.717, 1.165) is 29.9 Å². The van der Waals surface area contributed by atoms with Gasteiger partial charge in [-0.15, -0.1) is 0 Å². The summed E-state index contributed by atoms with van der Waals surface area (Å²) in [6.45, 7) is 3.93. The Hall–Kier alpha value is -1.16. The third-order valence-corrected chi connectivity index (χ3v) is 3.89. The largest absolute Gasteiger partial charge is 0.383 e. The highest BCUT2D eigenvalue weighted by Crippen LogP contribution is 2.38. The summed E-state index contributed by atoms with van der Waals surface area (Å²) in [6.07, 6.45) is 5.59. The van der Waals surface area contributed by atoms with E-state index in [9.17, 15) is 0 Å². The molecule has 0 aromatic carbocycles. The van der Waals surface area contributed by atoms with E-state index in [1.54, 1.807) is 7.11 Å². The van der Waals surface area contributed by atoms with E-state index >= 15 is 0 Å². The number of nitrogen functional groups attached to an aromatic ring is 1. The van der Waals surface area contributed by atoms with Crippen molar-refractivity contribution in [1.29, 1.82) is 0 Å². The quantitative estimate of drug-likeness (QED) is 0.855. The predicted molar refractivity (Wildman–Crippen MR) is 67.7 cm³/mol. The number of rotatable bonds is 2. The summed E-state index contributed by atoms with van der Waals surface area (Å²) in [5, 5.41) is 0. The monoisotopic (exact) mass is 235 g/mol. The van der Waals surface area contributed by atoms with Crippen molar-refractivity contribution >= 4 is 5.82 Å². The van der Waals surface area contributed by atoms with Crippen LogP contribution in [0.15, 0.2) is 0 Å². The highest BCUT2D eigenvalue weighted by Gasteiger charge is 2.37. The van der Waals surface area contributed by atoms with Gasteiger partial charge in [0.1, 0.15) is 11.4 Å². The molecule has 1 aromatic rings. The van der Waals surface area contributed by atoms with Gasteiger partial charge in [-0.2, -0.15) is 0 Å². The van der Waals surface area contributed by atoms with Gasteiger partial charge in [0.25, 0.3) is 0 Å². The Morgan fingerprint density at radius 3 is 2.29 bits per heavy atom. The van der Waals surface area contributed by atoms with Crippen LogP contribution in [0.4, 0.5) is 5.82 Å². The van der Waals surface area contributed by atoms with Gasteiger partial charge in [0.15, 0.2) is 5.82 Å². The average Bonchev–Trinajstić information content (AvgIpc) is 2.36. The molecule has 4 nitrogen and oxygen atoms in total. The van der Waals surface area contributed by atoms with Gasteiger partial charge in [0.05, 0.1) is 0 Å². The summed E-state index contributed by atoms with van der Waals surface area (Å²) in [6, 6.07) is 0. The lowest BCUT2D eigenvalue weighted by molar-refractivity contribution is -0.0515. The van der Waals surface area contributed by atoms with Crippen molar-refractivity contribution < 1.29 is 4.74 Å². The first kappa shape index (κ1) is 12.3. The zero-order valence-electron chi connectivity index (χ0n) is 10.9. The maximum atomic E-state index is 5.94. The molecule has 4 heteroatoms. The molecule has 1 heterocycles. The van der Waals surface area contributed by atoms with Crippen molar-refractivity contribution in [2.24, 2.45) is 0 Å². The Labute approximate surface area is 103 Å². The average molecular weight is 235 g/mol. The Balaban J connectivity index is 2.43. The number of hydrogen-bond acceptors (Lipinski definition) is 4. The molecule has 94 valence electrons. The third kappa shape index (κ3) is 2.14. The first-order chi connectivity index (χ1) is 8.09. The van der Waals surface area contributed by atoms with Gasteiger partial charge < -0.3 is 10.5 Å². The molecule has 1 fully saturated rings. The van der Waals surface area contributed by atoms with Gasteiger partial charge in [-0.1, -0.05) is 19.3 Å². The van der Waals surface area contributed by atoms with Crippen LogP contribution in [0, 0.1) is 13.8 Å². The molecule has 0 bridgehead atoms. The molecule has 2 N–H and O–H groups in total. The molecule has 0 radical (unpaired) electrons. The molecule has 1 aromatic heterocycles. The summed E-state index contributed by atoms with van der Waals surface area (Å²) >= 11 is 0. The fraction of sp³-hybridized carbons (Fsp3) is 0.692. The van der Waals surface area contributed by atoms with E-state index in [1.807, 2.05) is 13.8 Å². The number of methoxy groups -OCH3 is 1. The Morgan fingerprint density at radius 2 is 1.76 bits per heavy atom. The van der Waals surface area contributed by atoms with Crippen LogP contribution in [0.2, 0.25) is 0 Å². The topological polar surface area (TPSA) is 61.0 Å². The normalized spacial score (nSPS) is 19.2. The highest BCUT2D eigenvalue weighted by atomic mass is 16.5. The molecule has 1 aliphatic carbocycles. The van der Waals surface area contributed by atoms with Gasteiger partial charge in [-0.05, 0) is 26.7 Å². The zero-order chi connectivity index (χ0) is 12.5. The van der Waals surface area contributed by atoms with Gasteiger partial charge in [-0.3, -0.25) is 0 Å². The van der Waals surface area contributed by atoms with Crippen molar-refractivity contribution in [2.75, 3.05) is 12.8 Å². The van der Waals surface area contributed by atoms with Crippen LogP contribution in [0.5, 0.6) is 0 Å². The molecule has 1 saturated carbocycles. The standard InChI is InChI=1S/C13H21N3O/c1-9-10(2)15-12(16-11(9)14)13(17-3)7-5-4-6-8-13/h4-8H2,1-3H3,(H2,14,15,16). The molecule has 0 spiro atoms. The molecule has 0 aliphatic heterocycles. The molecule has 0 saturated heterocycles. The Kier molecular flexibility index (Phi) is 3.33. The van der Waals surface area contributed by atoms with Gasteiger partial charge in [0.2, 0.25) is 0 Å². The minimum Gasteiger partial charge on any atom is -0.383 e. The van der Waals surface area contributed by atoms with Crippen LogP contribution in [-0.4, -0.2) is 17.1 Å². The zero-order valence-corrected chi connectivity index (χ0v) is 10.9. The van der Waals surface area contributed by atoms with Crippen molar-refractivity contribution in [3.05, 3.63) is 17.1 Å².